The molecular formula is C23H35NO3S. The fraction of sp³-hybridized carbons (Fsp3) is 0.696. The Morgan fingerprint density at radius 3 is 2.75 bits per heavy atom. The van der Waals surface area contributed by atoms with E-state index in [9.17, 15) is 5.21 Å². The molecule has 0 bridgehead atoms. The van der Waals surface area contributed by atoms with Gasteiger partial charge in [-0.1, -0.05) is 52.6 Å². The SMILES string of the molecule is CCCCC(C)(C)c1cc(OCSC)c2c(c1)OC1/C(=N/O)C(C)(C)CCC21. The molecule has 1 fully saturated rings. The van der Waals surface area contributed by atoms with Crippen LogP contribution in [-0.4, -0.2) is 29.2 Å². The zero-order chi connectivity index (χ0) is 20.5. The zero-order valence-corrected chi connectivity index (χ0v) is 19.0. The van der Waals surface area contributed by atoms with E-state index in [-0.39, 0.29) is 22.9 Å². The topological polar surface area (TPSA) is 51.0 Å². The highest BCUT2D eigenvalue weighted by atomic mass is 32.2. The summed E-state index contributed by atoms with van der Waals surface area (Å²) in [5.74, 6) is 2.66. The van der Waals surface area contributed by atoms with Gasteiger partial charge in [0.25, 0.3) is 0 Å². The molecule has 0 saturated heterocycles. The summed E-state index contributed by atoms with van der Waals surface area (Å²) in [6.07, 6.45) is 7.36. The van der Waals surface area contributed by atoms with Gasteiger partial charge < -0.3 is 14.7 Å². The molecule has 1 saturated carbocycles. The summed E-state index contributed by atoms with van der Waals surface area (Å²) in [6.45, 7) is 11.1. The second kappa shape index (κ2) is 8.17. The van der Waals surface area contributed by atoms with E-state index in [1.54, 1.807) is 11.8 Å². The molecular weight excluding hydrogens is 370 g/mol. The van der Waals surface area contributed by atoms with E-state index >= 15 is 0 Å². The minimum Gasteiger partial charge on any atom is -0.483 e. The zero-order valence-electron chi connectivity index (χ0n) is 18.2. The second-order valence-corrected chi connectivity index (χ2v) is 10.3. The number of unbranched alkanes of at least 4 members (excludes halogenated alkanes) is 1. The highest BCUT2D eigenvalue weighted by Gasteiger charge is 2.49. The van der Waals surface area contributed by atoms with Crippen LogP contribution < -0.4 is 9.47 Å². The van der Waals surface area contributed by atoms with Crippen molar-refractivity contribution in [2.45, 2.75) is 84.2 Å². The highest BCUT2D eigenvalue weighted by Crippen LogP contribution is 2.53. The van der Waals surface area contributed by atoms with Gasteiger partial charge in [0.15, 0.2) is 0 Å². The molecule has 156 valence electrons. The molecule has 0 spiro atoms. The van der Waals surface area contributed by atoms with E-state index in [0.29, 0.717) is 5.94 Å². The first-order valence-electron chi connectivity index (χ1n) is 10.4. The molecule has 2 atom stereocenters. The van der Waals surface area contributed by atoms with Crippen LogP contribution in [0.3, 0.4) is 0 Å². The molecule has 0 radical (unpaired) electrons. The first-order chi connectivity index (χ1) is 13.2. The summed E-state index contributed by atoms with van der Waals surface area (Å²) in [7, 11) is 0. The van der Waals surface area contributed by atoms with Crippen molar-refractivity contribution in [1.82, 2.24) is 0 Å². The van der Waals surface area contributed by atoms with Crippen LogP contribution in [0.5, 0.6) is 11.5 Å². The summed E-state index contributed by atoms with van der Waals surface area (Å²) in [5.41, 5.74) is 3.08. The molecule has 5 heteroatoms. The maximum atomic E-state index is 9.72. The summed E-state index contributed by atoms with van der Waals surface area (Å²) < 4.78 is 12.6. The summed E-state index contributed by atoms with van der Waals surface area (Å²) >= 11 is 1.68. The maximum absolute atomic E-state index is 9.72. The number of nitrogens with zero attached hydrogens (tertiary/aromatic N) is 1. The van der Waals surface area contributed by atoms with Gasteiger partial charge in [0, 0.05) is 16.9 Å². The molecule has 1 aromatic rings. The van der Waals surface area contributed by atoms with Crippen LogP contribution in [0.1, 0.15) is 83.8 Å². The lowest BCUT2D eigenvalue weighted by molar-refractivity contribution is 0.201. The van der Waals surface area contributed by atoms with Crippen molar-refractivity contribution in [2.75, 3.05) is 12.2 Å². The van der Waals surface area contributed by atoms with Gasteiger partial charge in [0.2, 0.25) is 0 Å². The molecule has 4 nitrogen and oxygen atoms in total. The van der Waals surface area contributed by atoms with E-state index in [2.05, 4.69) is 51.9 Å². The Kier molecular flexibility index (Phi) is 6.23. The van der Waals surface area contributed by atoms with Crippen molar-refractivity contribution in [3.8, 4) is 11.5 Å². The number of ether oxygens (including phenoxy) is 2. The number of fused-ring (bicyclic) bond motifs is 3. The number of hydrogen-bond donors (Lipinski definition) is 1. The quantitative estimate of drug-likeness (QED) is 0.326. The van der Waals surface area contributed by atoms with Gasteiger partial charge in [-0.05, 0) is 48.6 Å². The van der Waals surface area contributed by atoms with Crippen molar-refractivity contribution in [2.24, 2.45) is 10.6 Å². The summed E-state index contributed by atoms with van der Waals surface area (Å²) in [4.78, 5) is 0. The van der Waals surface area contributed by atoms with Crippen molar-refractivity contribution < 1.29 is 14.7 Å². The molecule has 1 N–H and O–H groups in total. The number of hydrogen-bond acceptors (Lipinski definition) is 5. The van der Waals surface area contributed by atoms with Gasteiger partial charge in [-0.15, -0.1) is 11.8 Å². The van der Waals surface area contributed by atoms with Crippen LogP contribution in [0.2, 0.25) is 0 Å². The van der Waals surface area contributed by atoms with Crippen molar-refractivity contribution in [1.29, 1.82) is 0 Å². The Morgan fingerprint density at radius 1 is 1.36 bits per heavy atom. The normalized spacial score (nSPS) is 24.6. The van der Waals surface area contributed by atoms with E-state index in [1.165, 1.54) is 18.4 Å². The highest BCUT2D eigenvalue weighted by molar-refractivity contribution is 7.98. The average Bonchev–Trinajstić information content (AvgIpc) is 3.02. The molecule has 1 aromatic carbocycles. The number of oxime groups is 1. The van der Waals surface area contributed by atoms with Gasteiger partial charge in [-0.25, -0.2) is 0 Å². The van der Waals surface area contributed by atoms with Crippen LogP contribution in [0.25, 0.3) is 0 Å². The van der Waals surface area contributed by atoms with Crippen LogP contribution in [-0.2, 0) is 5.41 Å². The Balaban J connectivity index is 2.03. The fourth-order valence-corrected chi connectivity index (χ4v) is 4.84. The lowest BCUT2D eigenvalue weighted by Gasteiger charge is -2.37. The van der Waals surface area contributed by atoms with Crippen LogP contribution in [0.4, 0.5) is 0 Å². The number of benzene rings is 1. The van der Waals surface area contributed by atoms with E-state index in [1.807, 2.05) is 6.26 Å². The van der Waals surface area contributed by atoms with Crippen LogP contribution >= 0.6 is 11.8 Å². The standard InChI is InChI=1S/C23H35NO3S/c1-7-8-10-22(2,3)15-12-17(26-14-28-6)19-16-9-11-23(4,5)21(24-25)20(16)27-18(19)13-15/h12-13,16,20,25H,7-11,14H2,1-6H3/b24-21-. The molecule has 28 heavy (non-hydrogen) atoms. The minimum absolute atomic E-state index is 0.0623. The van der Waals surface area contributed by atoms with Gasteiger partial charge in [-0.2, -0.15) is 0 Å². The minimum atomic E-state index is -0.200. The Morgan fingerprint density at radius 2 is 2.11 bits per heavy atom. The fourth-order valence-electron chi connectivity index (χ4n) is 4.59. The molecule has 0 amide bonds. The predicted molar refractivity (Wildman–Crippen MR) is 117 cm³/mol. The molecule has 2 aliphatic rings. The lowest BCUT2D eigenvalue weighted by atomic mass is 9.68. The Bertz CT molecular complexity index is 742. The number of thioether (sulfide) groups is 1. The molecule has 0 aromatic heterocycles. The maximum Gasteiger partial charge on any atom is 0.148 e. The van der Waals surface area contributed by atoms with Gasteiger partial charge in [0.05, 0.1) is 0 Å². The van der Waals surface area contributed by atoms with Gasteiger partial charge in [-0.3, -0.25) is 0 Å². The van der Waals surface area contributed by atoms with Crippen molar-refractivity contribution in [3.05, 3.63) is 23.3 Å². The first kappa shape index (κ1) is 21.4. The third-order valence-electron chi connectivity index (χ3n) is 6.51. The molecule has 2 unspecified atom stereocenters. The molecule has 1 aliphatic heterocycles. The van der Waals surface area contributed by atoms with E-state index in [4.69, 9.17) is 9.47 Å². The van der Waals surface area contributed by atoms with Crippen molar-refractivity contribution >= 4 is 17.5 Å². The summed E-state index contributed by atoms with van der Waals surface area (Å²) in [5, 5.41) is 13.4. The summed E-state index contributed by atoms with van der Waals surface area (Å²) in [6, 6.07) is 4.43. The van der Waals surface area contributed by atoms with Gasteiger partial charge >= 0.3 is 0 Å². The third kappa shape index (κ3) is 3.87. The van der Waals surface area contributed by atoms with Crippen LogP contribution in [0, 0.1) is 5.41 Å². The first-order valence-corrected chi connectivity index (χ1v) is 11.8. The molecule has 1 heterocycles. The van der Waals surface area contributed by atoms with E-state index < -0.39 is 0 Å². The smallest absolute Gasteiger partial charge is 0.148 e. The lowest BCUT2D eigenvalue weighted by Crippen LogP contribution is -2.44. The van der Waals surface area contributed by atoms with Gasteiger partial charge in [0.1, 0.15) is 29.3 Å². The number of rotatable bonds is 7. The Hall–Kier alpha value is -1.36. The average molecular weight is 406 g/mol. The largest absolute Gasteiger partial charge is 0.483 e. The monoisotopic (exact) mass is 405 g/mol. The van der Waals surface area contributed by atoms with Crippen molar-refractivity contribution in [3.63, 3.8) is 0 Å². The second-order valence-electron chi connectivity index (χ2n) is 9.48. The van der Waals surface area contributed by atoms with Crippen LogP contribution in [0.15, 0.2) is 17.3 Å². The molecule has 1 aliphatic carbocycles. The predicted octanol–water partition coefficient (Wildman–Crippen LogP) is 6.35. The Labute approximate surface area is 174 Å². The molecule has 3 rings (SSSR count). The third-order valence-corrected chi connectivity index (χ3v) is 6.87. The van der Waals surface area contributed by atoms with E-state index in [0.717, 1.165) is 42.0 Å².